The summed E-state index contributed by atoms with van der Waals surface area (Å²) in [6.07, 6.45) is 1.60. The molecule has 0 saturated heterocycles. The molecular formula is C10H9NO2. The third-order valence-electron chi connectivity index (χ3n) is 2.10. The zero-order valence-corrected chi connectivity index (χ0v) is 7.19. The molecule has 66 valence electrons. The van der Waals surface area contributed by atoms with E-state index < -0.39 is 0 Å². The number of fused-ring (bicyclic) bond motifs is 1. The van der Waals surface area contributed by atoms with Crippen molar-refractivity contribution < 1.29 is 9.90 Å². The van der Waals surface area contributed by atoms with Crippen LogP contribution in [0.5, 0.6) is 5.75 Å². The SMILES string of the molecule is CC1C=Nc2cc(O)ccc2C1=O. The second kappa shape index (κ2) is 2.69. The van der Waals surface area contributed by atoms with Gasteiger partial charge < -0.3 is 5.11 Å². The van der Waals surface area contributed by atoms with Crippen LogP contribution in [0.4, 0.5) is 5.69 Å². The van der Waals surface area contributed by atoms with Gasteiger partial charge in [-0.15, -0.1) is 0 Å². The molecule has 0 bridgehead atoms. The fourth-order valence-electron chi connectivity index (χ4n) is 1.34. The van der Waals surface area contributed by atoms with E-state index in [4.69, 9.17) is 5.11 Å². The standard InChI is InChI=1S/C10H9NO2/c1-6-5-11-9-4-7(12)2-3-8(9)10(6)13/h2-6,12H,1H3. The van der Waals surface area contributed by atoms with Crippen molar-refractivity contribution in [3.63, 3.8) is 0 Å². The number of ketones is 1. The Kier molecular flexibility index (Phi) is 1.65. The highest BCUT2D eigenvalue weighted by molar-refractivity contribution is 6.12. The molecule has 1 heterocycles. The van der Waals surface area contributed by atoms with Crippen molar-refractivity contribution in [2.24, 2.45) is 10.9 Å². The van der Waals surface area contributed by atoms with Gasteiger partial charge in [0.2, 0.25) is 0 Å². The van der Waals surface area contributed by atoms with E-state index in [1.165, 1.54) is 12.1 Å². The lowest BCUT2D eigenvalue weighted by molar-refractivity contribution is 0.0962. The minimum atomic E-state index is -0.156. The van der Waals surface area contributed by atoms with Crippen LogP contribution in [0.15, 0.2) is 23.2 Å². The average molecular weight is 175 g/mol. The zero-order chi connectivity index (χ0) is 9.42. The summed E-state index contributed by atoms with van der Waals surface area (Å²) >= 11 is 0. The maximum atomic E-state index is 11.6. The van der Waals surface area contributed by atoms with E-state index in [9.17, 15) is 4.79 Å². The van der Waals surface area contributed by atoms with Crippen LogP contribution >= 0.6 is 0 Å². The van der Waals surface area contributed by atoms with Crippen molar-refractivity contribution in [2.45, 2.75) is 6.92 Å². The van der Waals surface area contributed by atoms with Gasteiger partial charge in [0.25, 0.3) is 0 Å². The Morgan fingerprint density at radius 3 is 3.00 bits per heavy atom. The van der Waals surface area contributed by atoms with Crippen LogP contribution < -0.4 is 0 Å². The molecule has 13 heavy (non-hydrogen) atoms. The molecule has 3 heteroatoms. The zero-order valence-electron chi connectivity index (χ0n) is 7.19. The summed E-state index contributed by atoms with van der Waals surface area (Å²) in [5.74, 6) is 0.0419. The summed E-state index contributed by atoms with van der Waals surface area (Å²) < 4.78 is 0. The van der Waals surface area contributed by atoms with E-state index in [1.807, 2.05) is 6.92 Å². The number of benzene rings is 1. The third kappa shape index (κ3) is 1.22. The molecule has 1 N–H and O–H groups in total. The molecule has 1 atom stereocenters. The third-order valence-corrected chi connectivity index (χ3v) is 2.10. The van der Waals surface area contributed by atoms with Gasteiger partial charge in [0, 0.05) is 17.8 Å². The van der Waals surface area contributed by atoms with Crippen LogP contribution in [0.2, 0.25) is 0 Å². The van der Waals surface area contributed by atoms with Gasteiger partial charge in [0.15, 0.2) is 5.78 Å². The van der Waals surface area contributed by atoms with Crippen LogP contribution in [-0.2, 0) is 0 Å². The first kappa shape index (κ1) is 7.98. The number of phenols is 1. The molecule has 1 aromatic carbocycles. The number of nitrogens with zero attached hydrogens (tertiary/aromatic N) is 1. The first-order chi connectivity index (χ1) is 6.18. The summed E-state index contributed by atoms with van der Waals surface area (Å²) in [5.41, 5.74) is 1.15. The first-order valence-electron chi connectivity index (χ1n) is 4.10. The van der Waals surface area contributed by atoms with E-state index in [0.29, 0.717) is 11.3 Å². The molecule has 1 aromatic rings. The highest BCUT2D eigenvalue weighted by Gasteiger charge is 2.20. The van der Waals surface area contributed by atoms with Gasteiger partial charge in [-0.25, -0.2) is 0 Å². The number of aliphatic imine (C=N–C) groups is 1. The maximum Gasteiger partial charge on any atom is 0.173 e. The predicted octanol–water partition coefficient (Wildman–Crippen LogP) is 1.93. The van der Waals surface area contributed by atoms with Gasteiger partial charge in [0.05, 0.1) is 11.6 Å². The lowest BCUT2D eigenvalue weighted by Crippen LogP contribution is -2.15. The Bertz CT molecular complexity index is 396. The molecule has 1 unspecified atom stereocenters. The molecule has 2 rings (SSSR count). The summed E-state index contributed by atoms with van der Waals surface area (Å²) in [4.78, 5) is 15.6. The molecule has 0 radical (unpaired) electrons. The molecule has 0 aromatic heterocycles. The van der Waals surface area contributed by atoms with Crippen LogP contribution in [-0.4, -0.2) is 17.1 Å². The fourth-order valence-corrected chi connectivity index (χ4v) is 1.34. The van der Waals surface area contributed by atoms with Crippen molar-refractivity contribution in [2.75, 3.05) is 0 Å². The quantitative estimate of drug-likeness (QED) is 0.654. The summed E-state index contributed by atoms with van der Waals surface area (Å²) in [5, 5.41) is 9.16. The molecule has 0 aliphatic carbocycles. The van der Waals surface area contributed by atoms with Gasteiger partial charge in [-0.1, -0.05) is 6.92 Å². The summed E-state index contributed by atoms with van der Waals surface area (Å²) in [7, 11) is 0. The highest BCUT2D eigenvalue weighted by atomic mass is 16.3. The van der Waals surface area contributed by atoms with Crippen LogP contribution in [0.1, 0.15) is 17.3 Å². The number of hydrogen-bond donors (Lipinski definition) is 1. The van der Waals surface area contributed by atoms with Crippen molar-refractivity contribution >= 4 is 17.7 Å². The van der Waals surface area contributed by atoms with Gasteiger partial charge in [-0.2, -0.15) is 0 Å². The van der Waals surface area contributed by atoms with Crippen molar-refractivity contribution in [3.05, 3.63) is 23.8 Å². The van der Waals surface area contributed by atoms with Crippen molar-refractivity contribution in [3.8, 4) is 5.75 Å². The smallest absolute Gasteiger partial charge is 0.173 e. The molecule has 1 aliphatic rings. The normalized spacial score (nSPS) is 20.1. The second-order valence-electron chi connectivity index (χ2n) is 3.13. The number of carbonyl (C=O) groups is 1. The van der Waals surface area contributed by atoms with E-state index in [0.717, 1.165) is 0 Å². The lowest BCUT2D eigenvalue weighted by atomic mass is 9.96. The van der Waals surface area contributed by atoms with Gasteiger partial charge >= 0.3 is 0 Å². The number of carbonyl (C=O) groups excluding carboxylic acids is 1. The Balaban J connectivity index is 2.59. The molecule has 0 fully saturated rings. The summed E-state index contributed by atoms with van der Waals surface area (Å²) in [6.45, 7) is 1.81. The maximum absolute atomic E-state index is 11.6. The minimum Gasteiger partial charge on any atom is -0.508 e. The fraction of sp³-hybridized carbons (Fsp3) is 0.200. The van der Waals surface area contributed by atoms with E-state index >= 15 is 0 Å². The monoisotopic (exact) mass is 175 g/mol. The number of aromatic hydroxyl groups is 1. The Labute approximate surface area is 75.7 Å². The minimum absolute atomic E-state index is 0.0602. The van der Waals surface area contributed by atoms with Crippen molar-refractivity contribution in [1.29, 1.82) is 0 Å². The van der Waals surface area contributed by atoms with Gasteiger partial charge in [0.1, 0.15) is 5.75 Å². The summed E-state index contributed by atoms with van der Waals surface area (Å²) in [6, 6.07) is 4.61. The average Bonchev–Trinajstić information content (AvgIpc) is 2.12. The number of hydrogen-bond acceptors (Lipinski definition) is 3. The molecule has 1 aliphatic heterocycles. The Morgan fingerprint density at radius 1 is 1.46 bits per heavy atom. The molecule has 0 amide bonds. The van der Waals surface area contributed by atoms with Crippen LogP contribution in [0, 0.1) is 5.92 Å². The van der Waals surface area contributed by atoms with E-state index in [1.54, 1.807) is 12.3 Å². The molecule has 0 spiro atoms. The van der Waals surface area contributed by atoms with Crippen molar-refractivity contribution in [1.82, 2.24) is 0 Å². The number of Topliss-reactive ketones (excluding diaryl/α,β-unsaturated/α-hetero) is 1. The van der Waals surface area contributed by atoms with Gasteiger partial charge in [-0.3, -0.25) is 9.79 Å². The predicted molar refractivity (Wildman–Crippen MR) is 49.8 cm³/mol. The Hall–Kier alpha value is -1.64. The molecule has 0 saturated carbocycles. The van der Waals surface area contributed by atoms with Crippen LogP contribution in [0.25, 0.3) is 0 Å². The van der Waals surface area contributed by atoms with Crippen LogP contribution in [0.3, 0.4) is 0 Å². The molecular weight excluding hydrogens is 166 g/mol. The highest BCUT2D eigenvalue weighted by Crippen LogP contribution is 2.29. The molecule has 3 nitrogen and oxygen atoms in total. The first-order valence-corrected chi connectivity index (χ1v) is 4.10. The van der Waals surface area contributed by atoms with E-state index in [-0.39, 0.29) is 17.5 Å². The Morgan fingerprint density at radius 2 is 2.23 bits per heavy atom. The van der Waals surface area contributed by atoms with E-state index in [2.05, 4.69) is 4.99 Å². The lowest BCUT2D eigenvalue weighted by Gasteiger charge is -2.13. The largest absolute Gasteiger partial charge is 0.508 e. The number of rotatable bonds is 0. The second-order valence-corrected chi connectivity index (χ2v) is 3.13. The van der Waals surface area contributed by atoms with Gasteiger partial charge in [-0.05, 0) is 12.1 Å². The topological polar surface area (TPSA) is 49.7 Å². The number of phenolic OH excluding ortho intramolecular Hbond substituents is 1.